The summed E-state index contributed by atoms with van der Waals surface area (Å²) in [6.45, 7) is 2.33. The SMILES string of the molecule is O=S(=O)(c1cccnc1)N1CCCC2CNCC21. The van der Waals surface area contributed by atoms with E-state index in [0.29, 0.717) is 17.4 Å². The highest BCUT2D eigenvalue weighted by Gasteiger charge is 2.41. The Balaban J connectivity index is 1.94. The molecule has 3 rings (SSSR count). The minimum Gasteiger partial charge on any atom is -0.315 e. The van der Waals surface area contributed by atoms with Crippen molar-refractivity contribution in [1.82, 2.24) is 14.6 Å². The Kier molecular flexibility index (Phi) is 3.09. The lowest BCUT2D eigenvalue weighted by Crippen LogP contribution is -2.48. The molecule has 98 valence electrons. The Labute approximate surface area is 107 Å². The van der Waals surface area contributed by atoms with Gasteiger partial charge in [0.15, 0.2) is 0 Å². The number of hydrogen-bond acceptors (Lipinski definition) is 4. The average Bonchev–Trinajstić information content (AvgIpc) is 2.87. The molecule has 2 unspecified atom stereocenters. The smallest absolute Gasteiger partial charge is 0.244 e. The Morgan fingerprint density at radius 3 is 3.06 bits per heavy atom. The van der Waals surface area contributed by atoms with Gasteiger partial charge in [-0.2, -0.15) is 4.31 Å². The van der Waals surface area contributed by atoms with Crippen LogP contribution in [0, 0.1) is 5.92 Å². The van der Waals surface area contributed by atoms with Crippen LogP contribution >= 0.6 is 0 Å². The second kappa shape index (κ2) is 4.60. The molecule has 1 aromatic heterocycles. The molecule has 2 fully saturated rings. The zero-order valence-corrected chi connectivity index (χ0v) is 10.9. The van der Waals surface area contributed by atoms with Crippen molar-refractivity contribution in [3.05, 3.63) is 24.5 Å². The van der Waals surface area contributed by atoms with Crippen molar-refractivity contribution in [2.45, 2.75) is 23.8 Å². The third-order valence-electron chi connectivity index (χ3n) is 3.87. The summed E-state index contributed by atoms with van der Waals surface area (Å²) in [5, 5.41) is 3.30. The molecule has 2 saturated heterocycles. The summed E-state index contributed by atoms with van der Waals surface area (Å²) < 4.78 is 26.8. The molecule has 1 aromatic rings. The van der Waals surface area contributed by atoms with Crippen molar-refractivity contribution in [1.29, 1.82) is 0 Å². The first-order valence-corrected chi connectivity index (χ1v) is 7.76. The summed E-state index contributed by atoms with van der Waals surface area (Å²) in [4.78, 5) is 4.21. The van der Waals surface area contributed by atoms with Gasteiger partial charge in [-0.3, -0.25) is 4.98 Å². The van der Waals surface area contributed by atoms with Gasteiger partial charge >= 0.3 is 0 Å². The molecular weight excluding hydrogens is 250 g/mol. The molecule has 2 aliphatic heterocycles. The highest BCUT2D eigenvalue weighted by atomic mass is 32.2. The number of aromatic nitrogens is 1. The van der Waals surface area contributed by atoms with Gasteiger partial charge in [-0.1, -0.05) is 0 Å². The Morgan fingerprint density at radius 1 is 1.39 bits per heavy atom. The van der Waals surface area contributed by atoms with Gasteiger partial charge in [-0.15, -0.1) is 0 Å². The topological polar surface area (TPSA) is 62.3 Å². The van der Waals surface area contributed by atoms with Gasteiger partial charge in [0.05, 0.1) is 0 Å². The van der Waals surface area contributed by atoms with Gasteiger partial charge in [0, 0.05) is 31.5 Å². The summed E-state index contributed by atoms with van der Waals surface area (Å²) in [5.41, 5.74) is 0. The number of nitrogens with one attached hydrogen (secondary N) is 1. The average molecular weight is 267 g/mol. The first-order valence-electron chi connectivity index (χ1n) is 6.32. The van der Waals surface area contributed by atoms with Crippen molar-refractivity contribution >= 4 is 10.0 Å². The quantitative estimate of drug-likeness (QED) is 0.845. The maximum Gasteiger partial charge on any atom is 0.244 e. The van der Waals surface area contributed by atoms with E-state index in [1.54, 1.807) is 22.6 Å². The van der Waals surface area contributed by atoms with E-state index in [4.69, 9.17) is 0 Å². The summed E-state index contributed by atoms with van der Waals surface area (Å²) in [6, 6.07) is 3.40. The molecule has 0 aromatic carbocycles. The normalized spacial score (nSPS) is 29.1. The van der Waals surface area contributed by atoms with Gasteiger partial charge in [-0.25, -0.2) is 8.42 Å². The summed E-state index contributed by atoms with van der Waals surface area (Å²) in [6.07, 6.45) is 5.09. The van der Waals surface area contributed by atoms with Gasteiger partial charge in [0.1, 0.15) is 4.90 Å². The van der Waals surface area contributed by atoms with Crippen LogP contribution in [0.5, 0.6) is 0 Å². The summed E-state index contributed by atoms with van der Waals surface area (Å²) in [7, 11) is -3.39. The van der Waals surface area contributed by atoms with E-state index in [9.17, 15) is 8.42 Å². The molecular formula is C12H17N3O2S. The highest BCUT2D eigenvalue weighted by molar-refractivity contribution is 7.89. The maximum absolute atomic E-state index is 12.6. The van der Waals surface area contributed by atoms with Gasteiger partial charge in [-0.05, 0) is 37.4 Å². The van der Waals surface area contributed by atoms with E-state index in [1.807, 2.05) is 0 Å². The first-order chi connectivity index (χ1) is 8.69. The first kappa shape index (κ1) is 12.1. The molecule has 0 aliphatic carbocycles. The molecule has 1 N–H and O–H groups in total. The number of sulfonamides is 1. The number of fused-ring (bicyclic) bond motifs is 1. The van der Waals surface area contributed by atoms with Crippen molar-refractivity contribution in [2.75, 3.05) is 19.6 Å². The van der Waals surface area contributed by atoms with Crippen molar-refractivity contribution < 1.29 is 8.42 Å². The van der Waals surface area contributed by atoms with Crippen LogP contribution in [0.25, 0.3) is 0 Å². The van der Waals surface area contributed by atoms with Gasteiger partial charge in [0.25, 0.3) is 0 Å². The third kappa shape index (κ3) is 1.94. The molecule has 0 saturated carbocycles. The number of nitrogens with zero attached hydrogens (tertiary/aromatic N) is 2. The largest absolute Gasteiger partial charge is 0.315 e. The molecule has 0 radical (unpaired) electrons. The van der Waals surface area contributed by atoms with Crippen LogP contribution in [0.1, 0.15) is 12.8 Å². The lowest BCUT2D eigenvalue weighted by molar-refractivity contribution is 0.217. The Hall–Kier alpha value is -0.980. The lowest BCUT2D eigenvalue weighted by atomic mass is 9.94. The van der Waals surface area contributed by atoms with E-state index < -0.39 is 10.0 Å². The molecule has 0 bridgehead atoms. The van der Waals surface area contributed by atoms with Crippen LogP contribution in [0.3, 0.4) is 0 Å². The number of pyridine rings is 1. The fourth-order valence-corrected chi connectivity index (χ4v) is 4.65. The lowest BCUT2D eigenvalue weighted by Gasteiger charge is -2.35. The third-order valence-corrected chi connectivity index (χ3v) is 5.78. The van der Waals surface area contributed by atoms with Crippen LogP contribution < -0.4 is 5.32 Å². The van der Waals surface area contributed by atoms with Crippen LogP contribution in [-0.2, 0) is 10.0 Å². The number of piperidine rings is 1. The van der Waals surface area contributed by atoms with E-state index in [2.05, 4.69) is 10.3 Å². The molecule has 3 heterocycles. The van der Waals surface area contributed by atoms with Crippen LogP contribution in [0.2, 0.25) is 0 Å². The fraction of sp³-hybridized carbons (Fsp3) is 0.583. The second-order valence-corrected chi connectivity index (χ2v) is 6.82. The number of rotatable bonds is 2. The van der Waals surface area contributed by atoms with Crippen molar-refractivity contribution in [3.8, 4) is 0 Å². The number of hydrogen-bond donors (Lipinski definition) is 1. The molecule has 2 aliphatic rings. The molecule has 5 nitrogen and oxygen atoms in total. The van der Waals surface area contributed by atoms with Gasteiger partial charge < -0.3 is 5.32 Å². The zero-order valence-electron chi connectivity index (χ0n) is 10.1. The molecule has 0 spiro atoms. The maximum atomic E-state index is 12.6. The van der Waals surface area contributed by atoms with Gasteiger partial charge in [0.2, 0.25) is 10.0 Å². The standard InChI is InChI=1S/C12H17N3O2S/c16-18(17,11-4-1-5-13-8-11)15-6-2-3-10-7-14-9-12(10)15/h1,4-5,8,10,12,14H,2-3,6-7,9H2. The van der Waals surface area contributed by atoms with E-state index in [1.165, 1.54) is 6.20 Å². The molecule has 2 atom stereocenters. The molecule has 0 amide bonds. The molecule has 6 heteroatoms. The second-order valence-electron chi connectivity index (χ2n) is 4.93. The van der Waals surface area contributed by atoms with Crippen LogP contribution in [-0.4, -0.2) is 43.4 Å². The minimum absolute atomic E-state index is 0.115. The van der Waals surface area contributed by atoms with E-state index in [-0.39, 0.29) is 6.04 Å². The fourth-order valence-electron chi connectivity index (χ4n) is 2.96. The molecule has 18 heavy (non-hydrogen) atoms. The van der Waals surface area contributed by atoms with Crippen LogP contribution in [0.15, 0.2) is 29.4 Å². The van der Waals surface area contributed by atoms with Crippen molar-refractivity contribution in [3.63, 3.8) is 0 Å². The Morgan fingerprint density at radius 2 is 2.28 bits per heavy atom. The van der Waals surface area contributed by atoms with Crippen molar-refractivity contribution in [2.24, 2.45) is 5.92 Å². The predicted octanol–water partition coefficient (Wildman–Crippen LogP) is 0.454. The Bertz CT molecular complexity index is 517. The minimum atomic E-state index is -3.39. The zero-order chi connectivity index (χ0) is 12.6. The monoisotopic (exact) mass is 267 g/mol. The summed E-state index contributed by atoms with van der Waals surface area (Å²) >= 11 is 0. The highest BCUT2D eigenvalue weighted by Crippen LogP contribution is 2.30. The van der Waals surface area contributed by atoms with Crippen LogP contribution in [0.4, 0.5) is 0 Å². The predicted molar refractivity (Wildman–Crippen MR) is 67.5 cm³/mol. The van der Waals surface area contributed by atoms with E-state index in [0.717, 1.165) is 25.9 Å². The summed E-state index contributed by atoms with van der Waals surface area (Å²) in [5.74, 6) is 0.463. The van der Waals surface area contributed by atoms with E-state index >= 15 is 0 Å².